The minimum Gasteiger partial charge on any atom is -0.743 e. The third-order valence-corrected chi connectivity index (χ3v) is 2.40. The Morgan fingerprint density at radius 2 is 2.14 bits per heavy atom. The molecule has 5 nitrogen and oxygen atoms in total. The Balaban J connectivity index is 0.000000980. The molecule has 2 rings (SSSR count). The normalized spacial score (nSPS) is 11.2. The van der Waals surface area contributed by atoms with Gasteiger partial charge in [0.1, 0.15) is 20.8 Å². The second-order valence-corrected chi connectivity index (χ2v) is 3.88. The summed E-state index contributed by atoms with van der Waals surface area (Å²) in [4.78, 5) is 6.28. The Labute approximate surface area is 103 Å². The predicted molar refractivity (Wildman–Crippen MR) is 44.1 cm³/mol. The molecule has 2 aromatic heterocycles. The maximum absolute atomic E-state index is 10.6. The van der Waals surface area contributed by atoms with Crippen LogP contribution in [-0.4, -0.2) is 22.9 Å². The van der Waals surface area contributed by atoms with Crippen molar-refractivity contribution < 1.29 is 42.5 Å². The molecule has 0 unspecified atom stereocenters. The SMILES string of the molecule is O=S(=O)([O-])c1cc2cccnc2[nH]1.[Na+]. The number of H-pyrrole nitrogens is 1. The first-order chi connectivity index (χ1) is 6.07. The summed E-state index contributed by atoms with van der Waals surface area (Å²) in [5.41, 5.74) is 0.400. The fourth-order valence-electron chi connectivity index (χ4n) is 1.07. The van der Waals surface area contributed by atoms with Gasteiger partial charge in [0.05, 0.1) is 0 Å². The molecule has 0 aliphatic heterocycles. The van der Waals surface area contributed by atoms with E-state index in [1.807, 2.05) is 0 Å². The average Bonchev–Trinajstić information content (AvgIpc) is 2.45. The van der Waals surface area contributed by atoms with Gasteiger partial charge >= 0.3 is 29.6 Å². The molecule has 0 aliphatic carbocycles. The third-order valence-electron chi connectivity index (χ3n) is 1.64. The van der Waals surface area contributed by atoms with E-state index in [-0.39, 0.29) is 34.6 Å². The fraction of sp³-hybridized carbons (Fsp3) is 0. The molecule has 0 aromatic carbocycles. The van der Waals surface area contributed by atoms with Crippen molar-refractivity contribution in [3.8, 4) is 0 Å². The Kier molecular flexibility index (Phi) is 3.33. The van der Waals surface area contributed by atoms with Crippen molar-refractivity contribution in [2.45, 2.75) is 5.03 Å². The van der Waals surface area contributed by atoms with Crippen molar-refractivity contribution in [1.82, 2.24) is 9.97 Å². The molecule has 14 heavy (non-hydrogen) atoms. The Morgan fingerprint density at radius 1 is 1.43 bits per heavy atom. The van der Waals surface area contributed by atoms with Gasteiger partial charge in [-0.25, -0.2) is 13.4 Å². The van der Waals surface area contributed by atoms with Crippen LogP contribution >= 0.6 is 0 Å². The Hall–Kier alpha value is -0.400. The van der Waals surface area contributed by atoms with Gasteiger partial charge in [0.2, 0.25) is 0 Å². The molecule has 0 saturated carbocycles. The van der Waals surface area contributed by atoms with Crippen LogP contribution in [0.5, 0.6) is 0 Å². The van der Waals surface area contributed by atoms with Crippen LogP contribution in [0.3, 0.4) is 0 Å². The number of fused-ring (bicyclic) bond motifs is 1. The zero-order valence-corrected chi connectivity index (χ0v) is 10.2. The van der Waals surface area contributed by atoms with E-state index in [4.69, 9.17) is 0 Å². The molecule has 0 aliphatic rings. The van der Waals surface area contributed by atoms with E-state index in [0.717, 1.165) is 0 Å². The number of rotatable bonds is 1. The molecule has 0 atom stereocenters. The second kappa shape index (κ2) is 4.00. The number of nitrogens with zero attached hydrogens (tertiary/aromatic N) is 1. The summed E-state index contributed by atoms with van der Waals surface area (Å²) in [7, 11) is -4.41. The van der Waals surface area contributed by atoms with E-state index in [1.54, 1.807) is 12.1 Å². The molecule has 0 radical (unpaired) electrons. The topological polar surface area (TPSA) is 85.9 Å². The van der Waals surface area contributed by atoms with Gasteiger partial charge in [-0.05, 0) is 18.2 Å². The number of hydrogen-bond acceptors (Lipinski definition) is 4. The summed E-state index contributed by atoms with van der Waals surface area (Å²) in [5, 5.41) is 0.262. The van der Waals surface area contributed by atoms with Gasteiger partial charge in [-0.3, -0.25) is 0 Å². The largest absolute Gasteiger partial charge is 1.00 e. The number of hydrogen-bond donors (Lipinski definition) is 1. The Bertz CT molecular complexity index is 516. The number of aromatic amines is 1. The first-order valence-corrected chi connectivity index (χ1v) is 4.88. The molecule has 0 saturated heterocycles. The summed E-state index contributed by atoms with van der Waals surface area (Å²) in [6.07, 6.45) is 1.51. The molecule has 0 bridgehead atoms. The number of aromatic nitrogens is 2. The molecule has 68 valence electrons. The van der Waals surface area contributed by atoms with Crippen LogP contribution in [0.4, 0.5) is 0 Å². The maximum Gasteiger partial charge on any atom is 1.00 e. The summed E-state index contributed by atoms with van der Waals surface area (Å²) in [5.74, 6) is 0. The molecule has 1 N–H and O–H groups in total. The molecule has 2 heterocycles. The van der Waals surface area contributed by atoms with Gasteiger partial charge in [0.25, 0.3) is 0 Å². The zero-order valence-electron chi connectivity index (χ0n) is 7.39. The van der Waals surface area contributed by atoms with E-state index in [0.29, 0.717) is 11.0 Å². The predicted octanol–water partition coefficient (Wildman–Crippen LogP) is -2.53. The van der Waals surface area contributed by atoms with E-state index in [9.17, 15) is 13.0 Å². The zero-order chi connectivity index (χ0) is 9.47. The van der Waals surface area contributed by atoms with Crippen molar-refractivity contribution in [2.24, 2.45) is 0 Å². The van der Waals surface area contributed by atoms with Crippen molar-refractivity contribution in [1.29, 1.82) is 0 Å². The maximum atomic E-state index is 10.6. The van der Waals surface area contributed by atoms with Crippen molar-refractivity contribution >= 4 is 21.2 Å². The van der Waals surface area contributed by atoms with Gasteiger partial charge in [-0.15, -0.1) is 0 Å². The van der Waals surface area contributed by atoms with E-state index < -0.39 is 10.1 Å². The van der Waals surface area contributed by atoms with Gasteiger partial charge in [0.15, 0.2) is 0 Å². The van der Waals surface area contributed by atoms with Crippen LogP contribution in [0.15, 0.2) is 29.4 Å². The van der Waals surface area contributed by atoms with Crippen LogP contribution in [-0.2, 0) is 10.1 Å². The van der Waals surface area contributed by atoms with Gasteiger partial charge in [-0.2, -0.15) is 0 Å². The average molecular weight is 220 g/mol. The van der Waals surface area contributed by atoms with Crippen LogP contribution in [0.2, 0.25) is 0 Å². The van der Waals surface area contributed by atoms with Gasteiger partial charge in [-0.1, -0.05) is 0 Å². The van der Waals surface area contributed by atoms with Gasteiger partial charge in [0, 0.05) is 11.6 Å². The van der Waals surface area contributed by atoms with E-state index in [2.05, 4.69) is 9.97 Å². The minimum absolute atomic E-state index is 0. The number of pyridine rings is 1. The van der Waals surface area contributed by atoms with Crippen LogP contribution in [0.25, 0.3) is 11.0 Å². The summed E-state index contributed by atoms with van der Waals surface area (Å²) in [6.45, 7) is 0. The molecule has 7 heteroatoms. The smallest absolute Gasteiger partial charge is 0.743 e. The summed E-state index contributed by atoms with van der Waals surface area (Å²) < 4.78 is 31.8. The molecule has 0 amide bonds. The van der Waals surface area contributed by atoms with Crippen molar-refractivity contribution in [3.05, 3.63) is 24.4 Å². The van der Waals surface area contributed by atoms with Crippen molar-refractivity contribution in [3.63, 3.8) is 0 Å². The van der Waals surface area contributed by atoms with E-state index in [1.165, 1.54) is 12.3 Å². The van der Waals surface area contributed by atoms with Crippen LogP contribution in [0.1, 0.15) is 0 Å². The summed E-state index contributed by atoms with van der Waals surface area (Å²) in [6, 6.07) is 4.61. The first kappa shape index (κ1) is 11.7. The van der Waals surface area contributed by atoms with Crippen LogP contribution < -0.4 is 29.6 Å². The Morgan fingerprint density at radius 3 is 2.71 bits per heavy atom. The first-order valence-electron chi connectivity index (χ1n) is 3.47. The third kappa shape index (κ3) is 2.15. The fourth-order valence-corrected chi connectivity index (χ4v) is 1.56. The molecular formula is C7H5N2NaO3S. The van der Waals surface area contributed by atoms with Crippen molar-refractivity contribution in [2.75, 3.05) is 0 Å². The monoisotopic (exact) mass is 220 g/mol. The van der Waals surface area contributed by atoms with E-state index >= 15 is 0 Å². The molecular weight excluding hydrogens is 215 g/mol. The minimum atomic E-state index is -4.41. The second-order valence-electron chi connectivity index (χ2n) is 2.53. The molecule has 0 spiro atoms. The molecule has 0 fully saturated rings. The summed E-state index contributed by atoms with van der Waals surface area (Å²) >= 11 is 0. The number of nitrogens with one attached hydrogen (secondary N) is 1. The standard InChI is InChI=1S/C7H6N2O3S.Na/c10-13(11,12)6-4-5-2-1-3-8-7(5)9-6;/h1-4H,(H,8,9)(H,10,11,12);/q;+1/p-1. The quantitative estimate of drug-likeness (QED) is 0.424. The molecule has 2 aromatic rings. The van der Waals surface area contributed by atoms with Gasteiger partial charge < -0.3 is 9.54 Å². The van der Waals surface area contributed by atoms with Crippen LogP contribution in [0, 0.1) is 0 Å².